The molecule has 0 aliphatic heterocycles. The van der Waals surface area contributed by atoms with Gasteiger partial charge in [0.2, 0.25) is 5.91 Å². The summed E-state index contributed by atoms with van der Waals surface area (Å²) in [6.45, 7) is 2.06. The normalized spacial score (nSPS) is 16.6. The number of anilines is 2. The Kier molecular flexibility index (Phi) is 3.80. The minimum atomic E-state index is -0.265. The summed E-state index contributed by atoms with van der Waals surface area (Å²) in [6, 6.07) is 5.95. The van der Waals surface area contributed by atoms with Gasteiger partial charge in [0.15, 0.2) is 0 Å². The summed E-state index contributed by atoms with van der Waals surface area (Å²) in [7, 11) is 3.99. The van der Waals surface area contributed by atoms with Crippen molar-refractivity contribution < 1.29 is 4.79 Å². The van der Waals surface area contributed by atoms with Gasteiger partial charge >= 0.3 is 0 Å². The zero-order chi connectivity index (χ0) is 14.0. The molecule has 0 heterocycles. The van der Waals surface area contributed by atoms with Crippen LogP contribution in [0.3, 0.4) is 0 Å². The monoisotopic (exact) mass is 261 g/mol. The molecular formula is C15H23N3O. The van der Waals surface area contributed by atoms with Crippen LogP contribution in [0.25, 0.3) is 0 Å². The summed E-state index contributed by atoms with van der Waals surface area (Å²) < 4.78 is 0. The van der Waals surface area contributed by atoms with Crippen LogP contribution in [0.2, 0.25) is 0 Å². The molecule has 1 fully saturated rings. The SMILES string of the molecule is Cc1ccc(NC(=O)CC2(N)CCC2)cc1N(C)C. The lowest BCUT2D eigenvalue weighted by Crippen LogP contribution is -2.48. The summed E-state index contributed by atoms with van der Waals surface area (Å²) in [5.41, 5.74) is 8.97. The molecule has 1 saturated carbocycles. The molecular weight excluding hydrogens is 238 g/mol. The summed E-state index contributed by atoms with van der Waals surface area (Å²) in [5, 5.41) is 2.94. The molecule has 0 radical (unpaired) electrons. The molecule has 0 atom stereocenters. The van der Waals surface area contributed by atoms with E-state index in [4.69, 9.17) is 5.73 Å². The van der Waals surface area contributed by atoms with E-state index in [1.54, 1.807) is 0 Å². The van der Waals surface area contributed by atoms with E-state index >= 15 is 0 Å². The second kappa shape index (κ2) is 5.21. The van der Waals surface area contributed by atoms with Crippen molar-refractivity contribution in [3.63, 3.8) is 0 Å². The van der Waals surface area contributed by atoms with E-state index in [1.807, 2.05) is 37.2 Å². The van der Waals surface area contributed by atoms with Crippen molar-refractivity contribution in [3.8, 4) is 0 Å². The average molecular weight is 261 g/mol. The molecule has 0 aromatic heterocycles. The molecule has 0 bridgehead atoms. The molecule has 1 amide bonds. The van der Waals surface area contributed by atoms with E-state index in [2.05, 4.69) is 12.2 Å². The number of nitrogens with one attached hydrogen (secondary N) is 1. The molecule has 4 nitrogen and oxygen atoms in total. The average Bonchev–Trinajstić information content (AvgIpc) is 2.29. The number of carbonyl (C=O) groups excluding carboxylic acids is 1. The van der Waals surface area contributed by atoms with E-state index in [9.17, 15) is 4.79 Å². The van der Waals surface area contributed by atoms with Gasteiger partial charge in [-0.2, -0.15) is 0 Å². The molecule has 3 N–H and O–H groups in total. The van der Waals surface area contributed by atoms with Gasteiger partial charge in [-0.1, -0.05) is 6.07 Å². The highest BCUT2D eigenvalue weighted by Gasteiger charge is 2.34. The van der Waals surface area contributed by atoms with E-state index in [0.717, 1.165) is 30.6 Å². The van der Waals surface area contributed by atoms with Crippen molar-refractivity contribution in [1.29, 1.82) is 0 Å². The van der Waals surface area contributed by atoms with Gasteiger partial charge in [-0.05, 0) is 43.9 Å². The van der Waals surface area contributed by atoms with Gasteiger partial charge in [0.25, 0.3) is 0 Å². The van der Waals surface area contributed by atoms with Crippen LogP contribution in [0.1, 0.15) is 31.2 Å². The smallest absolute Gasteiger partial charge is 0.226 e. The van der Waals surface area contributed by atoms with Crippen LogP contribution in [0, 0.1) is 6.92 Å². The van der Waals surface area contributed by atoms with Crippen LogP contribution in [0.4, 0.5) is 11.4 Å². The molecule has 104 valence electrons. The van der Waals surface area contributed by atoms with Gasteiger partial charge in [-0.3, -0.25) is 4.79 Å². The molecule has 19 heavy (non-hydrogen) atoms. The van der Waals surface area contributed by atoms with E-state index in [-0.39, 0.29) is 11.4 Å². The first-order chi connectivity index (χ1) is 8.89. The Morgan fingerprint density at radius 2 is 2.11 bits per heavy atom. The van der Waals surface area contributed by atoms with Crippen molar-refractivity contribution >= 4 is 17.3 Å². The number of amides is 1. The Bertz CT molecular complexity index is 478. The Morgan fingerprint density at radius 1 is 1.42 bits per heavy atom. The fourth-order valence-corrected chi connectivity index (χ4v) is 2.50. The second-order valence-electron chi connectivity index (χ2n) is 5.84. The molecule has 0 spiro atoms. The topological polar surface area (TPSA) is 58.4 Å². The fourth-order valence-electron chi connectivity index (χ4n) is 2.50. The zero-order valence-corrected chi connectivity index (χ0v) is 12.0. The van der Waals surface area contributed by atoms with Gasteiger partial charge in [0, 0.05) is 37.4 Å². The van der Waals surface area contributed by atoms with Crippen molar-refractivity contribution in [1.82, 2.24) is 0 Å². The molecule has 2 rings (SSSR count). The Hall–Kier alpha value is -1.55. The summed E-state index contributed by atoms with van der Waals surface area (Å²) in [5.74, 6) is 0.00996. The zero-order valence-electron chi connectivity index (χ0n) is 12.0. The number of benzene rings is 1. The van der Waals surface area contributed by atoms with Crippen LogP contribution >= 0.6 is 0 Å². The maximum atomic E-state index is 12.0. The van der Waals surface area contributed by atoms with E-state index < -0.39 is 0 Å². The maximum absolute atomic E-state index is 12.0. The second-order valence-corrected chi connectivity index (χ2v) is 5.84. The van der Waals surface area contributed by atoms with Crippen LogP contribution in [0.15, 0.2) is 18.2 Å². The molecule has 1 aliphatic rings. The number of hydrogen-bond acceptors (Lipinski definition) is 3. The van der Waals surface area contributed by atoms with Gasteiger partial charge in [-0.25, -0.2) is 0 Å². The summed E-state index contributed by atoms with van der Waals surface area (Å²) >= 11 is 0. The van der Waals surface area contributed by atoms with Gasteiger partial charge < -0.3 is 16.0 Å². The lowest BCUT2D eigenvalue weighted by molar-refractivity contribution is -0.118. The van der Waals surface area contributed by atoms with Crippen LogP contribution in [-0.2, 0) is 4.79 Å². The Balaban J connectivity index is 2.02. The Labute approximate surface area is 115 Å². The minimum Gasteiger partial charge on any atom is -0.377 e. The molecule has 1 aliphatic carbocycles. The lowest BCUT2D eigenvalue weighted by Gasteiger charge is -2.37. The molecule has 0 saturated heterocycles. The fraction of sp³-hybridized carbons (Fsp3) is 0.533. The van der Waals surface area contributed by atoms with Gasteiger partial charge in [-0.15, -0.1) is 0 Å². The maximum Gasteiger partial charge on any atom is 0.226 e. The lowest BCUT2D eigenvalue weighted by atomic mass is 9.75. The highest BCUT2D eigenvalue weighted by Crippen LogP contribution is 2.32. The van der Waals surface area contributed by atoms with Crippen LogP contribution in [0.5, 0.6) is 0 Å². The highest BCUT2D eigenvalue weighted by molar-refractivity contribution is 5.92. The van der Waals surface area contributed by atoms with Gasteiger partial charge in [0.1, 0.15) is 0 Å². The van der Waals surface area contributed by atoms with Crippen molar-refractivity contribution in [2.24, 2.45) is 5.73 Å². The van der Waals surface area contributed by atoms with Crippen molar-refractivity contribution in [3.05, 3.63) is 23.8 Å². The molecule has 1 aromatic rings. The standard InChI is InChI=1S/C15H23N3O/c1-11-5-6-12(9-13(11)18(2)3)17-14(19)10-15(16)7-4-8-15/h5-6,9H,4,7-8,10,16H2,1-3H3,(H,17,19). The first-order valence-electron chi connectivity index (χ1n) is 6.76. The minimum absolute atomic E-state index is 0.00996. The number of nitrogens with two attached hydrogens (primary N) is 1. The van der Waals surface area contributed by atoms with E-state index in [1.165, 1.54) is 5.56 Å². The number of carbonyl (C=O) groups is 1. The van der Waals surface area contributed by atoms with Crippen LogP contribution in [-0.4, -0.2) is 25.5 Å². The Morgan fingerprint density at radius 3 is 2.63 bits per heavy atom. The number of hydrogen-bond donors (Lipinski definition) is 2. The number of rotatable bonds is 4. The molecule has 1 aromatic carbocycles. The first kappa shape index (κ1) is 13.9. The van der Waals surface area contributed by atoms with Crippen molar-refractivity contribution in [2.45, 2.75) is 38.1 Å². The first-order valence-corrected chi connectivity index (χ1v) is 6.76. The molecule has 0 unspecified atom stereocenters. The largest absolute Gasteiger partial charge is 0.377 e. The van der Waals surface area contributed by atoms with Crippen molar-refractivity contribution in [2.75, 3.05) is 24.3 Å². The quantitative estimate of drug-likeness (QED) is 0.874. The van der Waals surface area contributed by atoms with E-state index in [0.29, 0.717) is 6.42 Å². The van der Waals surface area contributed by atoms with Crippen LogP contribution < -0.4 is 16.0 Å². The number of nitrogens with zero attached hydrogens (tertiary/aromatic N) is 1. The third kappa shape index (κ3) is 3.26. The predicted molar refractivity (Wildman–Crippen MR) is 79.5 cm³/mol. The predicted octanol–water partition coefficient (Wildman–Crippen LogP) is 2.27. The molecule has 4 heteroatoms. The summed E-state index contributed by atoms with van der Waals surface area (Å²) in [4.78, 5) is 14.0. The third-order valence-corrected chi connectivity index (χ3v) is 3.84. The number of aryl methyl sites for hydroxylation is 1. The van der Waals surface area contributed by atoms with Gasteiger partial charge in [0.05, 0.1) is 0 Å². The summed E-state index contributed by atoms with van der Waals surface area (Å²) in [6.07, 6.45) is 3.46. The third-order valence-electron chi connectivity index (χ3n) is 3.84. The highest BCUT2D eigenvalue weighted by atomic mass is 16.1.